The Morgan fingerprint density at radius 3 is 2.58 bits per heavy atom. The first-order valence-electron chi connectivity index (χ1n) is 12.4. The summed E-state index contributed by atoms with van der Waals surface area (Å²) in [5.41, 5.74) is -0.146. The Morgan fingerprint density at radius 1 is 1.24 bits per heavy atom. The van der Waals surface area contributed by atoms with E-state index in [0.29, 0.717) is 48.7 Å². The van der Waals surface area contributed by atoms with Crippen molar-refractivity contribution >= 4 is 18.1 Å². The Hall–Kier alpha value is -2.38. The van der Waals surface area contributed by atoms with E-state index in [9.17, 15) is 14.7 Å². The Balaban J connectivity index is 1.69. The molecular formula is C26H37N3O4. The van der Waals surface area contributed by atoms with Gasteiger partial charge in [0.15, 0.2) is 0 Å². The fourth-order valence-electron chi connectivity index (χ4n) is 5.44. The number of rotatable bonds is 7. The smallest absolute Gasteiger partial charge is 0.267 e. The zero-order valence-electron chi connectivity index (χ0n) is 19.9. The van der Waals surface area contributed by atoms with Crippen LogP contribution in [0.3, 0.4) is 0 Å². The van der Waals surface area contributed by atoms with Crippen LogP contribution in [0.5, 0.6) is 5.75 Å². The van der Waals surface area contributed by atoms with Gasteiger partial charge in [0.25, 0.3) is 11.5 Å². The average Bonchev–Trinajstić information content (AvgIpc) is 2.75. The first kappa shape index (κ1) is 23.8. The molecule has 33 heavy (non-hydrogen) atoms. The van der Waals surface area contributed by atoms with Crippen LogP contribution in [0, 0.1) is 5.41 Å². The van der Waals surface area contributed by atoms with Crippen molar-refractivity contribution in [2.24, 2.45) is 5.41 Å². The van der Waals surface area contributed by atoms with Gasteiger partial charge in [-0.1, -0.05) is 31.6 Å². The highest BCUT2D eigenvalue weighted by Crippen LogP contribution is 2.55. The largest absolute Gasteiger partial charge is 0.506 e. The molecule has 1 aliphatic heterocycles. The van der Waals surface area contributed by atoms with E-state index < -0.39 is 11.5 Å². The zero-order chi connectivity index (χ0) is 23.4. The number of pyridine rings is 1. The van der Waals surface area contributed by atoms with Crippen LogP contribution in [-0.4, -0.2) is 59.4 Å². The SMILES string of the molecule is C\C=C/C=c1/c(O)c(C(=O)NC2CC3(CCC3)C2)c(=O)n(CCN2CCOCC2)/c1=C\CC. The van der Waals surface area contributed by atoms with Crippen LogP contribution in [0.2, 0.25) is 0 Å². The Kier molecular flexibility index (Phi) is 7.39. The fraction of sp³-hybridized carbons (Fsp3) is 0.615. The van der Waals surface area contributed by atoms with Gasteiger partial charge in [0, 0.05) is 37.4 Å². The molecule has 7 nitrogen and oxygen atoms in total. The third kappa shape index (κ3) is 4.94. The standard InChI is InChI=1S/C26H37N3O4/c1-3-5-8-20-21(7-4-2)29(12-11-28-13-15-33-16-14-28)25(32)22(23(20)30)24(31)27-19-17-26(18-19)9-6-10-26/h3,5,7-8,19,30H,4,6,9-18H2,1-2H3,(H,27,31)/b5-3-,20-8+,21-7-. The van der Waals surface area contributed by atoms with E-state index in [4.69, 9.17) is 4.74 Å². The minimum atomic E-state index is -0.463. The zero-order valence-corrected chi connectivity index (χ0v) is 19.9. The Labute approximate surface area is 195 Å². The molecule has 0 radical (unpaired) electrons. The molecule has 1 aromatic heterocycles. The normalized spacial score (nSPS) is 22.0. The monoisotopic (exact) mass is 455 g/mol. The number of hydrogen-bond acceptors (Lipinski definition) is 5. The van der Waals surface area contributed by atoms with Gasteiger partial charge in [-0.2, -0.15) is 0 Å². The first-order valence-corrected chi connectivity index (χ1v) is 12.4. The minimum absolute atomic E-state index is 0.0863. The lowest BCUT2D eigenvalue weighted by Crippen LogP contribution is -2.55. The van der Waals surface area contributed by atoms with E-state index in [-0.39, 0.29) is 17.4 Å². The number of carbonyl (C=O) groups excluding carboxylic acids is 1. The summed E-state index contributed by atoms with van der Waals surface area (Å²) in [7, 11) is 0. The average molecular weight is 456 g/mol. The number of nitrogens with one attached hydrogen (secondary N) is 1. The van der Waals surface area contributed by atoms with Gasteiger partial charge in [-0.15, -0.1) is 0 Å². The number of aromatic hydroxyl groups is 1. The Morgan fingerprint density at radius 2 is 1.97 bits per heavy atom. The van der Waals surface area contributed by atoms with Gasteiger partial charge >= 0.3 is 0 Å². The summed E-state index contributed by atoms with van der Waals surface area (Å²) in [4.78, 5) is 29.0. The lowest BCUT2D eigenvalue weighted by Gasteiger charge is -2.54. The second-order valence-corrected chi connectivity index (χ2v) is 9.67. The maximum atomic E-state index is 13.6. The van der Waals surface area contributed by atoms with Crippen molar-refractivity contribution in [3.8, 4) is 5.75 Å². The van der Waals surface area contributed by atoms with E-state index >= 15 is 0 Å². The molecule has 4 rings (SSSR count). The van der Waals surface area contributed by atoms with Gasteiger partial charge in [0.1, 0.15) is 11.3 Å². The van der Waals surface area contributed by atoms with Crippen molar-refractivity contribution in [3.63, 3.8) is 0 Å². The maximum Gasteiger partial charge on any atom is 0.267 e. The lowest BCUT2D eigenvalue weighted by molar-refractivity contribution is -0.000687. The van der Waals surface area contributed by atoms with Crippen LogP contribution in [0.4, 0.5) is 0 Å². The van der Waals surface area contributed by atoms with Crippen LogP contribution < -0.4 is 21.4 Å². The molecular weight excluding hydrogens is 418 g/mol. The quantitative estimate of drug-likeness (QED) is 0.651. The number of allylic oxidation sites excluding steroid dienone is 2. The molecule has 2 N–H and O–H groups in total. The lowest BCUT2D eigenvalue weighted by atomic mass is 9.54. The van der Waals surface area contributed by atoms with E-state index in [0.717, 1.165) is 25.9 Å². The number of nitrogens with zero attached hydrogens (tertiary/aromatic N) is 2. The minimum Gasteiger partial charge on any atom is -0.506 e. The van der Waals surface area contributed by atoms with Gasteiger partial charge in [0.05, 0.1) is 18.6 Å². The van der Waals surface area contributed by atoms with Crippen molar-refractivity contribution in [1.29, 1.82) is 0 Å². The second kappa shape index (κ2) is 10.3. The predicted octanol–water partition coefficient (Wildman–Crippen LogP) is 1.50. The number of carbonyl (C=O) groups is 1. The maximum absolute atomic E-state index is 13.6. The van der Waals surface area contributed by atoms with Crippen molar-refractivity contribution in [3.05, 3.63) is 38.6 Å². The molecule has 0 bridgehead atoms. The summed E-state index contributed by atoms with van der Waals surface area (Å²) >= 11 is 0. The summed E-state index contributed by atoms with van der Waals surface area (Å²) < 4.78 is 7.10. The fourth-order valence-corrected chi connectivity index (χ4v) is 5.44. The number of morpholine rings is 1. The summed E-state index contributed by atoms with van der Waals surface area (Å²) in [5, 5.41) is 15.3. The second-order valence-electron chi connectivity index (χ2n) is 9.67. The number of aromatic nitrogens is 1. The van der Waals surface area contributed by atoms with Gasteiger partial charge in [0.2, 0.25) is 0 Å². The summed E-state index contributed by atoms with van der Waals surface area (Å²) in [6, 6.07) is 0.0863. The molecule has 3 fully saturated rings. The van der Waals surface area contributed by atoms with Crippen molar-refractivity contribution in [1.82, 2.24) is 14.8 Å². The first-order chi connectivity index (χ1) is 16.0. The van der Waals surface area contributed by atoms with Crippen LogP contribution >= 0.6 is 0 Å². The highest BCUT2D eigenvalue weighted by atomic mass is 16.5. The van der Waals surface area contributed by atoms with Crippen LogP contribution in [-0.2, 0) is 11.3 Å². The van der Waals surface area contributed by atoms with Crippen molar-refractivity contribution in [2.45, 2.75) is 65.0 Å². The highest BCUT2D eigenvalue weighted by molar-refractivity contribution is 5.96. The van der Waals surface area contributed by atoms with Gasteiger partial charge in [-0.05, 0) is 50.5 Å². The van der Waals surface area contributed by atoms with Crippen LogP contribution in [0.1, 0.15) is 62.7 Å². The summed E-state index contributed by atoms with van der Waals surface area (Å²) in [6.07, 6.45) is 13.8. The summed E-state index contributed by atoms with van der Waals surface area (Å²) in [5.74, 6) is -0.689. The van der Waals surface area contributed by atoms with Crippen molar-refractivity contribution < 1.29 is 14.6 Å². The summed E-state index contributed by atoms with van der Waals surface area (Å²) in [6.45, 7) is 8.07. The van der Waals surface area contributed by atoms with Gasteiger partial charge in [-0.3, -0.25) is 14.5 Å². The van der Waals surface area contributed by atoms with E-state index in [1.165, 1.54) is 19.3 Å². The topological polar surface area (TPSA) is 83.8 Å². The molecule has 1 aromatic rings. The van der Waals surface area contributed by atoms with Gasteiger partial charge < -0.3 is 19.7 Å². The van der Waals surface area contributed by atoms with Crippen LogP contribution in [0.25, 0.3) is 12.2 Å². The van der Waals surface area contributed by atoms with Crippen molar-refractivity contribution in [2.75, 3.05) is 32.8 Å². The molecule has 0 unspecified atom stereocenters. The molecule has 0 atom stereocenters. The highest BCUT2D eigenvalue weighted by Gasteiger charge is 2.48. The Bertz CT molecular complexity index is 1070. The molecule has 180 valence electrons. The third-order valence-electron chi connectivity index (χ3n) is 7.45. The molecule has 2 heterocycles. The van der Waals surface area contributed by atoms with Crippen LogP contribution in [0.15, 0.2) is 16.9 Å². The predicted molar refractivity (Wildman–Crippen MR) is 130 cm³/mol. The molecule has 1 saturated heterocycles. The molecule has 2 aliphatic carbocycles. The molecule has 3 aliphatic rings. The van der Waals surface area contributed by atoms with E-state index in [1.807, 2.05) is 32.1 Å². The molecule has 2 saturated carbocycles. The van der Waals surface area contributed by atoms with Gasteiger partial charge in [-0.25, -0.2) is 0 Å². The molecule has 1 amide bonds. The van der Waals surface area contributed by atoms with E-state index in [2.05, 4.69) is 10.2 Å². The molecule has 1 spiro atoms. The number of amides is 1. The van der Waals surface area contributed by atoms with E-state index in [1.54, 1.807) is 10.6 Å². The third-order valence-corrected chi connectivity index (χ3v) is 7.45. The number of hydrogen-bond donors (Lipinski definition) is 2. The molecule has 7 heteroatoms. The molecule has 0 aromatic carbocycles. The number of ether oxygens (including phenoxy) is 1.